The first kappa shape index (κ1) is 17.5. The molecule has 1 aromatic heterocycles. The van der Waals surface area contributed by atoms with E-state index in [-0.39, 0.29) is 18.0 Å². The number of hydrogen-bond donors (Lipinski definition) is 0. The van der Waals surface area contributed by atoms with Gasteiger partial charge in [-0.15, -0.1) is 0 Å². The molecule has 2 heterocycles. The number of halogens is 1. The summed E-state index contributed by atoms with van der Waals surface area (Å²) in [7, 11) is 0. The minimum atomic E-state index is -0.487. The Bertz CT molecular complexity index is 765. The van der Waals surface area contributed by atoms with Gasteiger partial charge in [0.05, 0.1) is 5.52 Å². The number of ether oxygens (including phenoxy) is 2. The molecular weight excluding hydrogens is 323 g/mol. The van der Waals surface area contributed by atoms with Gasteiger partial charge < -0.3 is 14.4 Å². The van der Waals surface area contributed by atoms with Crippen molar-refractivity contribution < 1.29 is 18.7 Å². The zero-order chi connectivity index (χ0) is 18.0. The molecule has 0 saturated carbocycles. The first-order valence-corrected chi connectivity index (χ1v) is 8.51. The maximum absolute atomic E-state index is 13.2. The van der Waals surface area contributed by atoms with E-state index in [4.69, 9.17) is 9.47 Å². The van der Waals surface area contributed by atoms with Crippen LogP contribution < -0.4 is 4.74 Å². The summed E-state index contributed by atoms with van der Waals surface area (Å²) >= 11 is 0. The van der Waals surface area contributed by atoms with Crippen LogP contribution in [0.5, 0.6) is 5.88 Å². The first-order chi connectivity index (χ1) is 11.8. The molecule has 0 spiro atoms. The number of benzene rings is 1. The van der Waals surface area contributed by atoms with Crippen molar-refractivity contribution >= 4 is 17.0 Å². The van der Waals surface area contributed by atoms with Crippen molar-refractivity contribution in [2.75, 3.05) is 13.1 Å². The van der Waals surface area contributed by atoms with Gasteiger partial charge in [0, 0.05) is 37.4 Å². The second-order valence-electron chi connectivity index (χ2n) is 7.27. The molecule has 1 saturated heterocycles. The van der Waals surface area contributed by atoms with E-state index in [0.29, 0.717) is 24.5 Å². The molecule has 0 bridgehead atoms. The summed E-state index contributed by atoms with van der Waals surface area (Å²) < 4.78 is 24.5. The Kier molecular flexibility index (Phi) is 4.79. The van der Waals surface area contributed by atoms with E-state index in [1.54, 1.807) is 23.1 Å². The van der Waals surface area contributed by atoms with Crippen molar-refractivity contribution in [2.24, 2.45) is 0 Å². The molecule has 0 atom stereocenters. The lowest BCUT2D eigenvalue weighted by Crippen LogP contribution is -2.44. The molecule has 25 heavy (non-hydrogen) atoms. The fourth-order valence-corrected chi connectivity index (χ4v) is 2.80. The van der Waals surface area contributed by atoms with E-state index < -0.39 is 5.60 Å². The van der Waals surface area contributed by atoms with Crippen LogP contribution in [0.15, 0.2) is 30.3 Å². The molecular formula is C19H23FN2O3. The summed E-state index contributed by atoms with van der Waals surface area (Å²) in [6.07, 6.45) is 1.17. The Labute approximate surface area is 146 Å². The summed E-state index contributed by atoms with van der Waals surface area (Å²) in [6, 6.07) is 8.03. The molecule has 2 aromatic rings. The topological polar surface area (TPSA) is 51.7 Å². The number of carbonyl (C=O) groups excluding carboxylic acids is 1. The van der Waals surface area contributed by atoms with Crippen molar-refractivity contribution in [2.45, 2.75) is 45.3 Å². The third-order valence-electron chi connectivity index (χ3n) is 4.01. The molecule has 1 aromatic carbocycles. The normalized spacial score (nSPS) is 16.1. The van der Waals surface area contributed by atoms with Crippen LogP contribution in [0, 0.1) is 5.82 Å². The average Bonchev–Trinajstić information content (AvgIpc) is 2.54. The van der Waals surface area contributed by atoms with E-state index in [9.17, 15) is 9.18 Å². The SMILES string of the molecule is CC(C)(C)OC(=O)N1CCC(Oc2ccc3cc(F)ccc3n2)CC1. The highest BCUT2D eigenvalue weighted by atomic mass is 19.1. The molecule has 134 valence electrons. The molecule has 1 aliphatic rings. The van der Waals surface area contributed by atoms with Crippen molar-refractivity contribution in [3.63, 3.8) is 0 Å². The number of hydrogen-bond acceptors (Lipinski definition) is 4. The number of nitrogens with zero attached hydrogens (tertiary/aromatic N) is 2. The summed E-state index contributed by atoms with van der Waals surface area (Å²) in [5, 5.41) is 0.743. The predicted molar refractivity (Wildman–Crippen MR) is 93.2 cm³/mol. The lowest BCUT2D eigenvalue weighted by Gasteiger charge is -2.33. The van der Waals surface area contributed by atoms with Gasteiger partial charge in [0.25, 0.3) is 0 Å². The molecule has 0 unspecified atom stereocenters. The minimum Gasteiger partial charge on any atom is -0.474 e. The van der Waals surface area contributed by atoms with Crippen LogP contribution in [0.25, 0.3) is 10.9 Å². The number of likely N-dealkylation sites (tertiary alicyclic amines) is 1. The first-order valence-electron chi connectivity index (χ1n) is 8.51. The van der Waals surface area contributed by atoms with Gasteiger partial charge in [-0.2, -0.15) is 0 Å². The fraction of sp³-hybridized carbons (Fsp3) is 0.474. The standard InChI is InChI=1S/C19H23FN2O3/c1-19(2,3)25-18(23)22-10-8-15(9-11-22)24-17-7-4-13-12-14(20)5-6-16(13)21-17/h4-7,12,15H,8-11H2,1-3H3. The van der Waals surface area contributed by atoms with E-state index in [1.807, 2.05) is 20.8 Å². The van der Waals surface area contributed by atoms with Crippen LogP contribution in [-0.2, 0) is 4.74 Å². The number of aromatic nitrogens is 1. The Hall–Kier alpha value is -2.37. The molecule has 0 N–H and O–H groups in total. The Morgan fingerprint density at radius 2 is 1.92 bits per heavy atom. The Morgan fingerprint density at radius 3 is 2.60 bits per heavy atom. The molecule has 1 aliphatic heterocycles. The van der Waals surface area contributed by atoms with Gasteiger partial charge in [0.15, 0.2) is 0 Å². The minimum absolute atomic E-state index is 0.00378. The summed E-state index contributed by atoms with van der Waals surface area (Å²) in [5.41, 5.74) is 0.212. The van der Waals surface area contributed by atoms with Crippen LogP contribution in [0.2, 0.25) is 0 Å². The zero-order valence-corrected chi connectivity index (χ0v) is 14.8. The van der Waals surface area contributed by atoms with Gasteiger partial charge in [0.1, 0.15) is 17.5 Å². The summed E-state index contributed by atoms with van der Waals surface area (Å²) in [4.78, 5) is 18.2. The van der Waals surface area contributed by atoms with E-state index in [2.05, 4.69) is 4.98 Å². The van der Waals surface area contributed by atoms with Crippen LogP contribution in [0.1, 0.15) is 33.6 Å². The molecule has 5 nitrogen and oxygen atoms in total. The predicted octanol–water partition coefficient (Wildman–Crippen LogP) is 4.15. The van der Waals surface area contributed by atoms with Gasteiger partial charge in [-0.25, -0.2) is 14.2 Å². The third kappa shape index (κ3) is 4.59. The second kappa shape index (κ2) is 6.86. The lowest BCUT2D eigenvalue weighted by molar-refractivity contribution is 0.0123. The number of carbonyl (C=O) groups is 1. The van der Waals surface area contributed by atoms with E-state index >= 15 is 0 Å². The Balaban J connectivity index is 1.57. The number of piperidine rings is 1. The van der Waals surface area contributed by atoms with Crippen LogP contribution in [0.3, 0.4) is 0 Å². The van der Waals surface area contributed by atoms with Crippen molar-refractivity contribution in [3.05, 3.63) is 36.1 Å². The molecule has 1 amide bonds. The number of fused-ring (bicyclic) bond motifs is 1. The van der Waals surface area contributed by atoms with Crippen LogP contribution in [0.4, 0.5) is 9.18 Å². The van der Waals surface area contributed by atoms with E-state index in [1.165, 1.54) is 12.1 Å². The highest BCUT2D eigenvalue weighted by Gasteiger charge is 2.27. The van der Waals surface area contributed by atoms with Gasteiger partial charge in [0.2, 0.25) is 5.88 Å². The zero-order valence-electron chi connectivity index (χ0n) is 14.8. The maximum atomic E-state index is 13.2. The van der Waals surface area contributed by atoms with E-state index in [0.717, 1.165) is 18.2 Å². The molecule has 1 fully saturated rings. The molecule has 0 aliphatic carbocycles. The Morgan fingerprint density at radius 1 is 1.20 bits per heavy atom. The van der Waals surface area contributed by atoms with Gasteiger partial charge >= 0.3 is 6.09 Å². The second-order valence-corrected chi connectivity index (χ2v) is 7.27. The van der Waals surface area contributed by atoms with Crippen LogP contribution >= 0.6 is 0 Å². The molecule has 6 heteroatoms. The summed E-state index contributed by atoms with van der Waals surface area (Å²) in [6.45, 7) is 6.77. The highest BCUT2D eigenvalue weighted by Crippen LogP contribution is 2.22. The smallest absolute Gasteiger partial charge is 0.410 e. The van der Waals surface area contributed by atoms with Crippen molar-refractivity contribution in [1.29, 1.82) is 0 Å². The largest absolute Gasteiger partial charge is 0.474 e. The third-order valence-corrected chi connectivity index (χ3v) is 4.01. The quantitative estimate of drug-likeness (QED) is 0.820. The number of amides is 1. The molecule has 3 rings (SSSR count). The number of rotatable bonds is 2. The lowest BCUT2D eigenvalue weighted by atomic mass is 10.1. The monoisotopic (exact) mass is 346 g/mol. The summed E-state index contributed by atoms with van der Waals surface area (Å²) in [5.74, 6) is 0.243. The highest BCUT2D eigenvalue weighted by molar-refractivity contribution is 5.79. The van der Waals surface area contributed by atoms with Crippen molar-refractivity contribution in [1.82, 2.24) is 9.88 Å². The van der Waals surface area contributed by atoms with Gasteiger partial charge in [-0.3, -0.25) is 0 Å². The fourth-order valence-electron chi connectivity index (χ4n) is 2.80. The molecule has 0 radical (unpaired) electrons. The van der Waals surface area contributed by atoms with Crippen molar-refractivity contribution in [3.8, 4) is 5.88 Å². The maximum Gasteiger partial charge on any atom is 0.410 e. The van der Waals surface area contributed by atoms with Crippen LogP contribution in [-0.4, -0.2) is 40.8 Å². The van der Waals surface area contributed by atoms with Gasteiger partial charge in [-0.1, -0.05) is 0 Å². The average molecular weight is 346 g/mol. The number of pyridine rings is 1. The van der Waals surface area contributed by atoms with Gasteiger partial charge in [-0.05, 0) is 45.0 Å².